The van der Waals surface area contributed by atoms with E-state index < -0.39 is 11.9 Å². The summed E-state index contributed by atoms with van der Waals surface area (Å²) in [6, 6.07) is 18.2. The second kappa shape index (κ2) is 9.26. The van der Waals surface area contributed by atoms with E-state index in [1.54, 1.807) is 48.5 Å². The maximum absolute atomic E-state index is 12.4. The SMILES string of the molecule is CCOc1ccc(NC(=O)C(C#N)=Cc2ccc(-c3cccc(C(=O)O)c3)o2)cc1. The molecule has 7 heteroatoms. The number of carboxylic acids is 1. The first-order chi connectivity index (χ1) is 14.5. The van der Waals surface area contributed by atoms with Crippen molar-refractivity contribution in [2.45, 2.75) is 6.92 Å². The molecule has 0 aliphatic rings. The van der Waals surface area contributed by atoms with Crippen molar-refractivity contribution in [2.24, 2.45) is 0 Å². The fourth-order valence-electron chi connectivity index (χ4n) is 2.68. The van der Waals surface area contributed by atoms with E-state index in [9.17, 15) is 14.9 Å². The van der Waals surface area contributed by atoms with Crippen LogP contribution in [0.4, 0.5) is 5.69 Å². The Kier molecular flexibility index (Phi) is 6.30. The van der Waals surface area contributed by atoms with Crippen molar-refractivity contribution in [3.05, 3.63) is 77.6 Å². The van der Waals surface area contributed by atoms with E-state index in [4.69, 9.17) is 14.3 Å². The van der Waals surface area contributed by atoms with Crippen molar-refractivity contribution in [3.8, 4) is 23.1 Å². The van der Waals surface area contributed by atoms with Gasteiger partial charge in [0.15, 0.2) is 0 Å². The topological polar surface area (TPSA) is 113 Å². The van der Waals surface area contributed by atoms with Gasteiger partial charge < -0.3 is 19.6 Å². The normalized spacial score (nSPS) is 10.9. The van der Waals surface area contributed by atoms with Gasteiger partial charge in [0.05, 0.1) is 12.2 Å². The highest BCUT2D eigenvalue weighted by molar-refractivity contribution is 6.09. The third kappa shape index (κ3) is 4.94. The molecule has 0 atom stereocenters. The summed E-state index contributed by atoms with van der Waals surface area (Å²) < 4.78 is 11.0. The second-order valence-electron chi connectivity index (χ2n) is 6.17. The van der Waals surface area contributed by atoms with Gasteiger partial charge in [-0.05, 0) is 55.5 Å². The molecule has 0 aliphatic heterocycles. The minimum atomic E-state index is -1.04. The highest BCUT2D eigenvalue weighted by atomic mass is 16.5. The van der Waals surface area contributed by atoms with Crippen LogP contribution in [0.15, 0.2) is 70.7 Å². The average Bonchev–Trinajstić information content (AvgIpc) is 3.22. The molecule has 0 aliphatic carbocycles. The molecule has 0 bridgehead atoms. The number of ether oxygens (including phenoxy) is 1. The Morgan fingerprint density at radius 2 is 1.93 bits per heavy atom. The molecular weight excluding hydrogens is 384 g/mol. The molecule has 0 saturated carbocycles. The van der Waals surface area contributed by atoms with Gasteiger partial charge in [-0.1, -0.05) is 12.1 Å². The first kappa shape index (κ1) is 20.4. The number of carbonyl (C=O) groups is 2. The molecule has 0 saturated heterocycles. The average molecular weight is 402 g/mol. The van der Waals surface area contributed by atoms with Crippen LogP contribution in [0.5, 0.6) is 5.75 Å². The van der Waals surface area contributed by atoms with Crippen molar-refractivity contribution in [1.82, 2.24) is 0 Å². The predicted octanol–water partition coefficient (Wildman–Crippen LogP) is 4.59. The molecule has 0 spiro atoms. The van der Waals surface area contributed by atoms with E-state index in [0.29, 0.717) is 35.1 Å². The monoisotopic (exact) mass is 402 g/mol. The van der Waals surface area contributed by atoms with Gasteiger partial charge in [-0.2, -0.15) is 5.26 Å². The zero-order chi connectivity index (χ0) is 21.5. The van der Waals surface area contributed by atoms with Gasteiger partial charge in [-0.15, -0.1) is 0 Å². The van der Waals surface area contributed by atoms with Crippen molar-refractivity contribution in [1.29, 1.82) is 5.26 Å². The molecule has 2 N–H and O–H groups in total. The lowest BCUT2D eigenvalue weighted by Crippen LogP contribution is -2.13. The van der Waals surface area contributed by atoms with Crippen molar-refractivity contribution in [3.63, 3.8) is 0 Å². The largest absolute Gasteiger partial charge is 0.494 e. The van der Waals surface area contributed by atoms with Crippen LogP contribution in [-0.2, 0) is 4.79 Å². The Morgan fingerprint density at radius 3 is 2.60 bits per heavy atom. The summed E-state index contributed by atoms with van der Waals surface area (Å²) in [6.07, 6.45) is 1.33. The number of nitrogens with one attached hydrogen (secondary N) is 1. The molecule has 150 valence electrons. The number of furan rings is 1. The van der Waals surface area contributed by atoms with Gasteiger partial charge in [-0.25, -0.2) is 4.79 Å². The number of hydrogen-bond donors (Lipinski definition) is 2. The first-order valence-electron chi connectivity index (χ1n) is 9.09. The number of amides is 1. The summed E-state index contributed by atoms with van der Waals surface area (Å²) in [5.41, 5.74) is 1.10. The molecular formula is C23H18N2O5. The Balaban J connectivity index is 1.76. The van der Waals surface area contributed by atoms with Crippen LogP contribution >= 0.6 is 0 Å². The molecule has 1 amide bonds. The predicted molar refractivity (Wildman–Crippen MR) is 111 cm³/mol. The fraction of sp³-hybridized carbons (Fsp3) is 0.0870. The standard InChI is InChI=1S/C23H18N2O5/c1-2-29-19-8-6-18(7-9-19)25-22(26)17(14-24)13-20-10-11-21(30-20)15-4-3-5-16(12-15)23(27)28/h3-13H,2H2,1H3,(H,25,26)(H,27,28). The number of nitrogens with zero attached hydrogens (tertiary/aromatic N) is 1. The van der Waals surface area contributed by atoms with E-state index in [0.717, 1.165) is 0 Å². The smallest absolute Gasteiger partial charge is 0.335 e. The second-order valence-corrected chi connectivity index (χ2v) is 6.17. The number of nitriles is 1. The highest BCUT2D eigenvalue weighted by Gasteiger charge is 2.12. The number of rotatable bonds is 7. The third-order valence-corrected chi connectivity index (χ3v) is 4.10. The van der Waals surface area contributed by atoms with Gasteiger partial charge >= 0.3 is 5.97 Å². The van der Waals surface area contributed by atoms with Crippen LogP contribution < -0.4 is 10.1 Å². The fourth-order valence-corrected chi connectivity index (χ4v) is 2.68. The highest BCUT2D eigenvalue weighted by Crippen LogP contribution is 2.25. The molecule has 3 aromatic rings. The molecule has 0 radical (unpaired) electrons. The summed E-state index contributed by atoms with van der Waals surface area (Å²) in [7, 11) is 0. The molecule has 2 aromatic carbocycles. The van der Waals surface area contributed by atoms with Crippen LogP contribution in [-0.4, -0.2) is 23.6 Å². The number of carboxylic acid groups (broad SMARTS) is 1. The van der Waals surface area contributed by atoms with Crippen molar-refractivity contribution >= 4 is 23.6 Å². The van der Waals surface area contributed by atoms with Crippen molar-refractivity contribution in [2.75, 3.05) is 11.9 Å². The van der Waals surface area contributed by atoms with E-state index in [1.807, 2.05) is 13.0 Å². The Bertz CT molecular complexity index is 1140. The van der Waals surface area contributed by atoms with Crippen LogP contribution in [0.2, 0.25) is 0 Å². The van der Waals surface area contributed by atoms with E-state index in [-0.39, 0.29) is 11.1 Å². The molecule has 7 nitrogen and oxygen atoms in total. The number of benzene rings is 2. The van der Waals surface area contributed by atoms with E-state index in [2.05, 4.69) is 5.32 Å². The summed E-state index contributed by atoms with van der Waals surface area (Å²) in [6.45, 7) is 2.42. The summed E-state index contributed by atoms with van der Waals surface area (Å²) in [4.78, 5) is 23.5. The van der Waals surface area contributed by atoms with Crippen LogP contribution in [0.1, 0.15) is 23.0 Å². The molecule has 1 aromatic heterocycles. The molecule has 30 heavy (non-hydrogen) atoms. The lowest BCUT2D eigenvalue weighted by molar-refractivity contribution is -0.112. The summed E-state index contributed by atoms with van der Waals surface area (Å²) in [5.74, 6) is -0.215. The molecule has 1 heterocycles. The van der Waals surface area contributed by atoms with Crippen LogP contribution in [0, 0.1) is 11.3 Å². The van der Waals surface area contributed by atoms with Crippen LogP contribution in [0.25, 0.3) is 17.4 Å². The zero-order valence-electron chi connectivity index (χ0n) is 16.1. The molecule has 3 rings (SSSR count). The Morgan fingerprint density at radius 1 is 1.17 bits per heavy atom. The van der Waals surface area contributed by atoms with Gasteiger partial charge in [0.1, 0.15) is 28.9 Å². The molecule has 0 unspecified atom stereocenters. The number of anilines is 1. The van der Waals surface area contributed by atoms with Gasteiger partial charge in [0.2, 0.25) is 0 Å². The lowest BCUT2D eigenvalue weighted by Gasteiger charge is -2.06. The zero-order valence-corrected chi connectivity index (χ0v) is 16.1. The summed E-state index contributed by atoms with van der Waals surface area (Å²) >= 11 is 0. The molecule has 0 fully saturated rings. The van der Waals surface area contributed by atoms with Crippen molar-refractivity contribution < 1.29 is 23.8 Å². The number of carbonyl (C=O) groups excluding carboxylic acids is 1. The first-order valence-corrected chi connectivity index (χ1v) is 9.09. The van der Waals surface area contributed by atoms with Gasteiger partial charge in [0, 0.05) is 17.3 Å². The third-order valence-electron chi connectivity index (χ3n) is 4.10. The maximum atomic E-state index is 12.4. The summed E-state index contributed by atoms with van der Waals surface area (Å²) in [5, 5.41) is 21.1. The van der Waals surface area contributed by atoms with Crippen LogP contribution in [0.3, 0.4) is 0 Å². The van der Waals surface area contributed by atoms with Gasteiger partial charge in [0.25, 0.3) is 5.91 Å². The minimum Gasteiger partial charge on any atom is -0.494 e. The quantitative estimate of drug-likeness (QED) is 0.441. The number of aromatic carboxylic acids is 1. The van der Waals surface area contributed by atoms with E-state index in [1.165, 1.54) is 18.2 Å². The number of hydrogen-bond acceptors (Lipinski definition) is 5. The van der Waals surface area contributed by atoms with E-state index >= 15 is 0 Å². The Labute approximate surface area is 172 Å². The minimum absolute atomic E-state index is 0.133. The lowest BCUT2D eigenvalue weighted by atomic mass is 10.1. The van der Waals surface area contributed by atoms with Gasteiger partial charge in [-0.3, -0.25) is 4.79 Å². The maximum Gasteiger partial charge on any atom is 0.335 e. The Hall–Kier alpha value is -4.31.